The minimum Gasteiger partial charge on any atom is -0.350 e. The Morgan fingerprint density at radius 2 is 2.17 bits per heavy atom. The van der Waals surface area contributed by atoms with Gasteiger partial charge < -0.3 is 5.32 Å². The molecule has 0 radical (unpaired) electrons. The summed E-state index contributed by atoms with van der Waals surface area (Å²) in [5.74, 6) is -0.317. The van der Waals surface area contributed by atoms with Crippen LogP contribution in [0, 0.1) is 0 Å². The molecule has 92 valence electrons. The number of carbonyl (C=O) groups excluding carboxylic acids is 1. The Hall–Kier alpha value is -2.50. The first-order valence-electron chi connectivity index (χ1n) is 5.49. The second-order valence-electron chi connectivity index (χ2n) is 3.63. The lowest BCUT2D eigenvalue weighted by molar-refractivity contribution is 0.0948. The molecule has 0 aliphatic carbocycles. The second-order valence-corrected chi connectivity index (χ2v) is 3.63. The van der Waals surface area contributed by atoms with Gasteiger partial charge in [0.05, 0.1) is 0 Å². The Morgan fingerprint density at radius 3 is 2.83 bits per heavy atom. The maximum atomic E-state index is 11.6. The fourth-order valence-electron chi connectivity index (χ4n) is 1.41. The maximum absolute atomic E-state index is 11.6. The molecular weight excluding hydrogens is 232 g/mol. The van der Waals surface area contributed by atoms with E-state index >= 15 is 0 Å². The van der Waals surface area contributed by atoms with Crippen LogP contribution in [0.4, 0.5) is 0 Å². The summed E-state index contributed by atoms with van der Waals surface area (Å²) in [6.45, 7) is 0.469. The van der Waals surface area contributed by atoms with Crippen LogP contribution in [0.1, 0.15) is 16.2 Å². The molecule has 0 spiro atoms. The normalized spacial score (nSPS) is 10.0. The van der Waals surface area contributed by atoms with Gasteiger partial charge >= 0.3 is 0 Å². The molecule has 18 heavy (non-hydrogen) atoms. The van der Waals surface area contributed by atoms with E-state index in [9.17, 15) is 9.59 Å². The average molecular weight is 244 g/mol. The summed E-state index contributed by atoms with van der Waals surface area (Å²) in [4.78, 5) is 26.6. The van der Waals surface area contributed by atoms with E-state index in [-0.39, 0.29) is 17.2 Å². The van der Waals surface area contributed by atoms with Crippen LogP contribution in [-0.2, 0) is 6.42 Å². The van der Waals surface area contributed by atoms with Crippen LogP contribution in [0.15, 0.2) is 41.3 Å². The summed E-state index contributed by atoms with van der Waals surface area (Å²) in [5, 5.41) is 8.55. The van der Waals surface area contributed by atoms with Gasteiger partial charge in [-0.05, 0) is 18.2 Å². The van der Waals surface area contributed by atoms with Crippen molar-refractivity contribution in [2.75, 3.05) is 6.54 Å². The van der Waals surface area contributed by atoms with Crippen molar-refractivity contribution in [3.63, 3.8) is 0 Å². The number of hydrogen-bond acceptors (Lipinski definition) is 4. The van der Waals surface area contributed by atoms with Crippen molar-refractivity contribution in [3.05, 3.63) is 58.3 Å². The van der Waals surface area contributed by atoms with E-state index in [0.717, 1.165) is 5.69 Å². The first-order valence-corrected chi connectivity index (χ1v) is 5.49. The van der Waals surface area contributed by atoms with Crippen LogP contribution in [0.2, 0.25) is 0 Å². The fraction of sp³-hybridized carbons (Fsp3) is 0.167. The van der Waals surface area contributed by atoms with Crippen LogP contribution < -0.4 is 10.9 Å². The SMILES string of the molecule is O=C(NCCc1ccccn1)c1ccc(=O)[nH]n1. The number of hydrogen-bond donors (Lipinski definition) is 2. The molecule has 0 fully saturated rings. The van der Waals surface area contributed by atoms with E-state index in [4.69, 9.17) is 0 Å². The molecule has 0 atom stereocenters. The molecule has 2 rings (SSSR count). The van der Waals surface area contributed by atoms with Crippen molar-refractivity contribution in [2.45, 2.75) is 6.42 Å². The lowest BCUT2D eigenvalue weighted by Crippen LogP contribution is -2.27. The summed E-state index contributed by atoms with van der Waals surface area (Å²) in [5.41, 5.74) is 0.767. The zero-order chi connectivity index (χ0) is 12.8. The summed E-state index contributed by atoms with van der Waals surface area (Å²) in [7, 11) is 0. The molecule has 0 unspecified atom stereocenters. The highest BCUT2D eigenvalue weighted by Gasteiger charge is 2.06. The van der Waals surface area contributed by atoms with Gasteiger partial charge in [0.1, 0.15) is 5.69 Å². The Balaban J connectivity index is 1.85. The van der Waals surface area contributed by atoms with Crippen LogP contribution in [0.5, 0.6) is 0 Å². The van der Waals surface area contributed by atoms with Crippen molar-refractivity contribution < 1.29 is 4.79 Å². The quantitative estimate of drug-likeness (QED) is 0.800. The second kappa shape index (κ2) is 5.72. The van der Waals surface area contributed by atoms with Crippen molar-refractivity contribution >= 4 is 5.91 Å². The van der Waals surface area contributed by atoms with Crippen LogP contribution in [-0.4, -0.2) is 27.6 Å². The highest BCUT2D eigenvalue weighted by Crippen LogP contribution is 1.94. The van der Waals surface area contributed by atoms with Gasteiger partial charge in [0.25, 0.3) is 11.5 Å². The summed E-state index contributed by atoms with van der Waals surface area (Å²) in [6, 6.07) is 8.28. The summed E-state index contributed by atoms with van der Waals surface area (Å²) in [6.07, 6.45) is 2.36. The van der Waals surface area contributed by atoms with Crippen LogP contribution in [0.25, 0.3) is 0 Å². The topological polar surface area (TPSA) is 87.7 Å². The minimum absolute atomic E-state index is 0.190. The molecule has 0 saturated carbocycles. The number of pyridine rings is 1. The lowest BCUT2D eigenvalue weighted by Gasteiger charge is -2.03. The van der Waals surface area contributed by atoms with Crippen molar-refractivity contribution in [3.8, 4) is 0 Å². The third-order valence-corrected chi connectivity index (χ3v) is 2.30. The first-order chi connectivity index (χ1) is 8.75. The highest BCUT2D eigenvalue weighted by molar-refractivity contribution is 5.91. The molecule has 2 heterocycles. The summed E-state index contributed by atoms with van der Waals surface area (Å²) < 4.78 is 0. The van der Waals surface area contributed by atoms with Crippen LogP contribution in [0.3, 0.4) is 0 Å². The standard InChI is InChI=1S/C12H12N4O2/c17-11-5-4-10(15-16-11)12(18)14-8-6-9-3-1-2-7-13-9/h1-5,7H,6,8H2,(H,14,18)(H,16,17). The van der Waals surface area contributed by atoms with E-state index < -0.39 is 0 Å². The number of amides is 1. The molecule has 2 aromatic rings. The van der Waals surface area contributed by atoms with Crippen molar-refractivity contribution in [1.82, 2.24) is 20.5 Å². The zero-order valence-electron chi connectivity index (χ0n) is 9.59. The fourth-order valence-corrected chi connectivity index (χ4v) is 1.41. The predicted octanol–water partition coefficient (Wildman–Crippen LogP) is 0.137. The van der Waals surface area contributed by atoms with Crippen molar-refractivity contribution in [2.24, 2.45) is 0 Å². The van der Waals surface area contributed by atoms with Gasteiger partial charge in [-0.15, -0.1) is 0 Å². The van der Waals surface area contributed by atoms with Crippen molar-refractivity contribution in [1.29, 1.82) is 0 Å². The third-order valence-electron chi connectivity index (χ3n) is 2.30. The molecule has 2 N–H and O–H groups in total. The molecule has 1 amide bonds. The van der Waals surface area contributed by atoms with E-state index in [2.05, 4.69) is 20.5 Å². The smallest absolute Gasteiger partial charge is 0.271 e. The molecule has 0 aromatic carbocycles. The lowest BCUT2D eigenvalue weighted by atomic mass is 10.2. The van der Waals surface area contributed by atoms with Gasteiger partial charge in [-0.3, -0.25) is 14.6 Å². The van der Waals surface area contributed by atoms with Gasteiger partial charge in [-0.1, -0.05) is 6.07 Å². The van der Waals surface area contributed by atoms with Gasteiger partial charge in [0, 0.05) is 30.9 Å². The average Bonchev–Trinajstić information content (AvgIpc) is 2.40. The Bertz CT molecular complexity index is 560. The molecule has 2 aromatic heterocycles. The van der Waals surface area contributed by atoms with Gasteiger partial charge in [-0.25, -0.2) is 5.10 Å². The Morgan fingerprint density at radius 1 is 1.28 bits per heavy atom. The van der Waals surface area contributed by atoms with Gasteiger partial charge in [0.15, 0.2) is 0 Å². The molecular formula is C12H12N4O2. The number of rotatable bonds is 4. The number of aromatic amines is 1. The largest absolute Gasteiger partial charge is 0.350 e. The zero-order valence-corrected chi connectivity index (χ0v) is 9.59. The number of nitrogens with one attached hydrogen (secondary N) is 2. The molecule has 0 saturated heterocycles. The Kier molecular flexibility index (Phi) is 3.80. The van der Waals surface area contributed by atoms with E-state index in [1.54, 1.807) is 6.20 Å². The molecule has 6 heteroatoms. The highest BCUT2D eigenvalue weighted by atomic mass is 16.2. The van der Waals surface area contributed by atoms with E-state index in [0.29, 0.717) is 13.0 Å². The van der Waals surface area contributed by atoms with E-state index in [1.165, 1.54) is 12.1 Å². The molecule has 6 nitrogen and oxygen atoms in total. The number of aromatic nitrogens is 3. The number of H-pyrrole nitrogens is 1. The third kappa shape index (κ3) is 3.24. The minimum atomic E-state index is -0.333. The molecule has 0 aliphatic heterocycles. The predicted molar refractivity (Wildman–Crippen MR) is 65.1 cm³/mol. The molecule has 0 aliphatic rings. The molecule has 0 bridgehead atoms. The number of nitrogens with zero attached hydrogens (tertiary/aromatic N) is 2. The maximum Gasteiger partial charge on any atom is 0.271 e. The van der Waals surface area contributed by atoms with E-state index in [1.807, 2.05) is 18.2 Å². The van der Waals surface area contributed by atoms with Crippen LogP contribution >= 0.6 is 0 Å². The van der Waals surface area contributed by atoms with Gasteiger partial charge in [0.2, 0.25) is 0 Å². The Labute approximate surface area is 103 Å². The van der Waals surface area contributed by atoms with Gasteiger partial charge in [-0.2, -0.15) is 5.10 Å². The number of carbonyl (C=O) groups is 1. The summed E-state index contributed by atoms with van der Waals surface area (Å²) >= 11 is 0. The monoisotopic (exact) mass is 244 g/mol. The first kappa shape index (κ1) is 12.0.